The molecular formula is C20H16Cl2FN3O2. The first-order valence-electron chi connectivity index (χ1n) is 8.71. The van der Waals surface area contributed by atoms with Crippen molar-refractivity contribution < 1.29 is 13.9 Å². The zero-order valence-electron chi connectivity index (χ0n) is 14.7. The van der Waals surface area contributed by atoms with Crippen LogP contribution < -0.4 is 0 Å². The molecule has 0 unspecified atom stereocenters. The number of hydrogen-bond acceptors (Lipinski definition) is 3. The zero-order valence-corrected chi connectivity index (χ0v) is 16.3. The number of morpholine rings is 1. The molecule has 2 aromatic carbocycles. The average molecular weight is 420 g/mol. The minimum atomic E-state index is -0.336. The Kier molecular flexibility index (Phi) is 5.35. The van der Waals surface area contributed by atoms with Crippen LogP contribution in [0.3, 0.4) is 0 Å². The Bertz CT molecular complexity index is 1010. The molecule has 144 valence electrons. The third-order valence-corrected chi connectivity index (χ3v) is 5.25. The van der Waals surface area contributed by atoms with Gasteiger partial charge in [-0.1, -0.05) is 23.2 Å². The molecule has 4 rings (SSSR count). The van der Waals surface area contributed by atoms with Crippen LogP contribution >= 0.6 is 23.2 Å². The highest BCUT2D eigenvalue weighted by Crippen LogP contribution is 2.28. The van der Waals surface area contributed by atoms with Crippen LogP contribution in [0.4, 0.5) is 4.39 Å². The van der Waals surface area contributed by atoms with Gasteiger partial charge in [0.15, 0.2) is 0 Å². The first kappa shape index (κ1) is 18.9. The van der Waals surface area contributed by atoms with Gasteiger partial charge in [0, 0.05) is 18.7 Å². The molecule has 2 heterocycles. The summed E-state index contributed by atoms with van der Waals surface area (Å²) in [6.07, 6.45) is 0. The van der Waals surface area contributed by atoms with E-state index in [1.807, 2.05) is 0 Å². The predicted molar refractivity (Wildman–Crippen MR) is 106 cm³/mol. The summed E-state index contributed by atoms with van der Waals surface area (Å²) < 4.78 is 20.2. The van der Waals surface area contributed by atoms with Gasteiger partial charge >= 0.3 is 0 Å². The van der Waals surface area contributed by atoms with Crippen LogP contribution in [0.25, 0.3) is 16.9 Å². The van der Waals surface area contributed by atoms with Crippen molar-refractivity contribution in [1.82, 2.24) is 14.7 Å². The Labute approximate surface area is 171 Å². The molecule has 3 aromatic rings. The lowest BCUT2D eigenvalue weighted by atomic mass is 10.1. The lowest BCUT2D eigenvalue weighted by Crippen LogP contribution is -2.41. The van der Waals surface area contributed by atoms with E-state index in [4.69, 9.17) is 27.9 Å². The maximum absolute atomic E-state index is 13.3. The van der Waals surface area contributed by atoms with Crippen molar-refractivity contribution in [3.63, 3.8) is 0 Å². The van der Waals surface area contributed by atoms with Crippen molar-refractivity contribution in [2.45, 2.75) is 0 Å². The monoisotopic (exact) mass is 419 g/mol. The normalized spacial score (nSPS) is 14.3. The zero-order chi connectivity index (χ0) is 19.7. The van der Waals surface area contributed by atoms with Gasteiger partial charge in [0.05, 0.1) is 34.6 Å². The molecule has 0 saturated carbocycles. The Morgan fingerprint density at radius 2 is 1.71 bits per heavy atom. The van der Waals surface area contributed by atoms with Crippen LogP contribution in [0.5, 0.6) is 0 Å². The molecule has 1 aromatic heterocycles. The van der Waals surface area contributed by atoms with Gasteiger partial charge in [-0.25, -0.2) is 9.07 Å². The topological polar surface area (TPSA) is 47.4 Å². The number of hydrogen-bond donors (Lipinski definition) is 0. The Morgan fingerprint density at radius 1 is 1.00 bits per heavy atom. The summed E-state index contributed by atoms with van der Waals surface area (Å²) in [4.78, 5) is 14.9. The maximum atomic E-state index is 13.3. The Hall–Kier alpha value is -2.41. The summed E-state index contributed by atoms with van der Waals surface area (Å²) in [5.41, 5.74) is 2.26. The van der Waals surface area contributed by atoms with Gasteiger partial charge in [-0.05, 0) is 48.5 Å². The van der Waals surface area contributed by atoms with Crippen molar-refractivity contribution in [2.75, 3.05) is 26.3 Å². The number of aromatic nitrogens is 2. The van der Waals surface area contributed by atoms with Gasteiger partial charge < -0.3 is 9.64 Å². The Morgan fingerprint density at radius 3 is 2.39 bits per heavy atom. The van der Waals surface area contributed by atoms with E-state index >= 15 is 0 Å². The smallest absolute Gasteiger partial charge is 0.272 e. The highest BCUT2D eigenvalue weighted by atomic mass is 35.5. The minimum absolute atomic E-state index is 0.157. The van der Waals surface area contributed by atoms with Crippen molar-refractivity contribution >= 4 is 29.1 Å². The molecule has 0 atom stereocenters. The molecule has 0 radical (unpaired) electrons. The van der Waals surface area contributed by atoms with Crippen LogP contribution in [0.1, 0.15) is 10.5 Å². The molecule has 5 nitrogen and oxygen atoms in total. The van der Waals surface area contributed by atoms with E-state index in [0.717, 1.165) is 0 Å². The molecule has 1 aliphatic rings. The molecular weight excluding hydrogens is 404 g/mol. The molecule has 0 aliphatic carbocycles. The SMILES string of the molecule is O=C(c1cc(-c2ccc(F)cc2)nn1-c1ccc(Cl)c(Cl)c1)N1CCOCC1. The summed E-state index contributed by atoms with van der Waals surface area (Å²) >= 11 is 12.2. The summed E-state index contributed by atoms with van der Waals surface area (Å²) in [5, 5.41) is 5.36. The first-order chi connectivity index (χ1) is 13.5. The second-order valence-corrected chi connectivity index (χ2v) is 7.15. The number of ether oxygens (including phenoxy) is 1. The fraction of sp³-hybridized carbons (Fsp3) is 0.200. The second kappa shape index (κ2) is 7.91. The number of nitrogens with zero attached hydrogens (tertiary/aromatic N) is 3. The van der Waals surface area contributed by atoms with Crippen LogP contribution in [-0.2, 0) is 4.74 Å². The largest absolute Gasteiger partial charge is 0.378 e. The molecule has 1 amide bonds. The average Bonchev–Trinajstić information content (AvgIpc) is 3.16. The van der Waals surface area contributed by atoms with E-state index in [-0.39, 0.29) is 11.7 Å². The number of benzene rings is 2. The number of rotatable bonds is 3. The van der Waals surface area contributed by atoms with Crippen LogP contribution in [0, 0.1) is 5.82 Å². The lowest BCUT2D eigenvalue weighted by molar-refractivity contribution is 0.0297. The number of halogens is 3. The molecule has 8 heteroatoms. The van der Waals surface area contributed by atoms with E-state index in [2.05, 4.69) is 5.10 Å². The molecule has 1 saturated heterocycles. The molecule has 0 N–H and O–H groups in total. The molecule has 1 aliphatic heterocycles. The van der Waals surface area contributed by atoms with E-state index in [9.17, 15) is 9.18 Å². The van der Waals surface area contributed by atoms with Gasteiger partial charge in [0.25, 0.3) is 5.91 Å². The predicted octanol–water partition coefficient (Wildman–Crippen LogP) is 4.46. The fourth-order valence-corrected chi connectivity index (χ4v) is 3.33. The van der Waals surface area contributed by atoms with Crippen molar-refractivity contribution in [3.8, 4) is 16.9 Å². The van der Waals surface area contributed by atoms with Crippen molar-refractivity contribution in [3.05, 3.63) is 70.1 Å². The minimum Gasteiger partial charge on any atom is -0.378 e. The molecule has 0 spiro atoms. The fourth-order valence-electron chi connectivity index (χ4n) is 3.04. The third kappa shape index (κ3) is 3.76. The summed E-state index contributed by atoms with van der Waals surface area (Å²) in [5.74, 6) is -0.493. The van der Waals surface area contributed by atoms with Gasteiger partial charge in [-0.15, -0.1) is 0 Å². The Balaban J connectivity index is 1.80. The van der Waals surface area contributed by atoms with Gasteiger partial charge in [0.1, 0.15) is 11.5 Å². The standard InChI is InChI=1S/C20H16Cl2FN3O2/c21-16-6-5-15(11-17(16)22)26-19(20(27)25-7-9-28-10-8-25)12-18(24-26)13-1-3-14(23)4-2-13/h1-6,11-12H,7-10H2. The molecule has 1 fully saturated rings. The summed E-state index contributed by atoms with van der Waals surface area (Å²) in [7, 11) is 0. The number of carbonyl (C=O) groups is 1. The van der Waals surface area contributed by atoms with E-state index in [1.165, 1.54) is 12.1 Å². The highest BCUT2D eigenvalue weighted by molar-refractivity contribution is 6.42. The van der Waals surface area contributed by atoms with Crippen molar-refractivity contribution in [1.29, 1.82) is 0 Å². The lowest BCUT2D eigenvalue weighted by Gasteiger charge is -2.26. The summed E-state index contributed by atoms with van der Waals surface area (Å²) in [6, 6.07) is 12.7. The molecule has 28 heavy (non-hydrogen) atoms. The van der Waals surface area contributed by atoms with Gasteiger partial charge in [-0.2, -0.15) is 5.10 Å². The van der Waals surface area contributed by atoms with Gasteiger partial charge in [0.2, 0.25) is 0 Å². The number of amides is 1. The maximum Gasteiger partial charge on any atom is 0.272 e. The van der Waals surface area contributed by atoms with E-state index in [1.54, 1.807) is 46.0 Å². The first-order valence-corrected chi connectivity index (χ1v) is 9.47. The third-order valence-electron chi connectivity index (χ3n) is 4.51. The van der Waals surface area contributed by atoms with Crippen LogP contribution in [0.2, 0.25) is 10.0 Å². The summed E-state index contributed by atoms with van der Waals surface area (Å²) in [6.45, 7) is 2.02. The van der Waals surface area contributed by atoms with Crippen LogP contribution in [-0.4, -0.2) is 46.9 Å². The van der Waals surface area contributed by atoms with Gasteiger partial charge in [-0.3, -0.25) is 4.79 Å². The van der Waals surface area contributed by atoms with E-state index in [0.29, 0.717) is 59.0 Å². The quantitative estimate of drug-likeness (QED) is 0.629. The molecule has 0 bridgehead atoms. The highest BCUT2D eigenvalue weighted by Gasteiger charge is 2.24. The van der Waals surface area contributed by atoms with E-state index < -0.39 is 0 Å². The van der Waals surface area contributed by atoms with Crippen LogP contribution in [0.15, 0.2) is 48.5 Å². The number of carbonyl (C=O) groups excluding carboxylic acids is 1. The van der Waals surface area contributed by atoms with Crippen molar-refractivity contribution in [2.24, 2.45) is 0 Å². The second-order valence-electron chi connectivity index (χ2n) is 6.34.